The van der Waals surface area contributed by atoms with Gasteiger partial charge in [-0.3, -0.25) is 4.79 Å². The van der Waals surface area contributed by atoms with Crippen molar-refractivity contribution in [2.24, 2.45) is 0 Å². The summed E-state index contributed by atoms with van der Waals surface area (Å²) in [5, 5.41) is 70.1. The van der Waals surface area contributed by atoms with Crippen LogP contribution in [0.4, 0.5) is 0 Å². The van der Waals surface area contributed by atoms with Gasteiger partial charge in [-0.2, -0.15) is 0 Å². The predicted octanol–water partition coefficient (Wildman–Crippen LogP) is 0.635. The fourth-order valence-electron chi connectivity index (χ4n) is 5.19. The summed E-state index contributed by atoms with van der Waals surface area (Å²) >= 11 is 0. The molecule has 12 nitrogen and oxygen atoms in total. The van der Waals surface area contributed by atoms with Gasteiger partial charge in [0.15, 0.2) is 18.7 Å². The topological polar surface area (TPSA) is 196 Å². The van der Waals surface area contributed by atoms with Crippen molar-refractivity contribution < 1.29 is 59.5 Å². The molecule has 1 unspecified atom stereocenters. The van der Waals surface area contributed by atoms with Crippen molar-refractivity contribution in [2.45, 2.75) is 158 Å². The molecule has 0 bridgehead atoms. The van der Waals surface area contributed by atoms with Crippen LogP contribution in [0.15, 0.2) is 0 Å². The lowest BCUT2D eigenvalue weighted by Crippen LogP contribution is -2.65. The van der Waals surface area contributed by atoms with E-state index < -0.39 is 80.6 Å². The van der Waals surface area contributed by atoms with Crippen molar-refractivity contribution in [3.8, 4) is 0 Å². The molecule has 0 spiro atoms. The number of carbonyl (C=O) groups is 1. The maximum Gasteiger partial charge on any atom is 0.306 e. The Balaban J connectivity index is 1.78. The van der Waals surface area contributed by atoms with E-state index in [-0.39, 0.29) is 6.42 Å². The molecule has 0 amide bonds. The second kappa shape index (κ2) is 19.3. The highest BCUT2D eigenvalue weighted by atomic mass is 16.7. The van der Waals surface area contributed by atoms with Crippen LogP contribution in [0, 0.1) is 0 Å². The standard InChI is InChI=1S/C28H52O12/c1-2-3-4-5-6-7-8-9-10-11-12-13-14-15-20(31)39-26-24(35)27(36)37-19(17-30)25(26)40-28-23(34)22(33)21(32)18(16-29)38-28/h18-19,21-30,32-36H,2-17H2,1H3/t18-,19-,21+,22+,23-,24-,25-,26-,27?,28+/m1/s1. The number of carbonyl (C=O) groups excluding carboxylic acids is 1. The maximum absolute atomic E-state index is 12.6. The van der Waals surface area contributed by atoms with Crippen molar-refractivity contribution in [3.05, 3.63) is 0 Å². The van der Waals surface area contributed by atoms with E-state index >= 15 is 0 Å². The summed E-state index contributed by atoms with van der Waals surface area (Å²) < 4.78 is 21.6. The zero-order valence-electron chi connectivity index (χ0n) is 23.8. The van der Waals surface area contributed by atoms with Crippen LogP contribution in [-0.4, -0.2) is 116 Å². The number of hydrogen-bond donors (Lipinski definition) is 7. The summed E-state index contributed by atoms with van der Waals surface area (Å²) in [5.74, 6) is -0.639. The zero-order valence-corrected chi connectivity index (χ0v) is 23.8. The van der Waals surface area contributed by atoms with E-state index in [1.807, 2.05) is 0 Å². The molecule has 0 aromatic heterocycles. The molecular formula is C28H52O12. The molecule has 2 aliphatic rings. The Morgan fingerprint density at radius 3 is 1.68 bits per heavy atom. The fraction of sp³-hybridized carbons (Fsp3) is 0.964. The van der Waals surface area contributed by atoms with Crippen molar-refractivity contribution in [1.29, 1.82) is 0 Å². The average Bonchev–Trinajstić information content (AvgIpc) is 2.95. The van der Waals surface area contributed by atoms with Gasteiger partial charge in [-0.25, -0.2) is 0 Å². The molecule has 0 saturated carbocycles. The molecule has 2 rings (SSSR count). The van der Waals surface area contributed by atoms with Crippen LogP contribution in [0.5, 0.6) is 0 Å². The van der Waals surface area contributed by atoms with E-state index in [0.29, 0.717) is 6.42 Å². The van der Waals surface area contributed by atoms with Crippen LogP contribution < -0.4 is 0 Å². The van der Waals surface area contributed by atoms with Gasteiger partial charge in [0.05, 0.1) is 13.2 Å². The van der Waals surface area contributed by atoms with Gasteiger partial charge in [-0.05, 0) is 6.42 Å². The van der Waals surface area contributed by atoms with Gasteiger partial charge < -0.3 is 54.7 Å². The average molecular weight is 581 g/mol. The summed E-state index contributed by atoms with van der Waals surface area (Å²) in [7, 11) is 0. The van der Waals surface area contributed by atoms with Gasteiger partial charge in [0.25, 0.3) is 0 Å². The van der Waals surface area contributed by atoms with Gasteiger partial charge in [-0.1, -0.05) is 84.0 Å². The minimum Gasteiger partial charge on any atom is -0.456 e. The highest BCUT2D eigenvalue weighted by Crippen LogP contribution is 2.30. The third kappa shape index (κ3) is 11.0. The first-order valence-corrected chi connectivity index (χ1v) is 15.0. The lowest BCUT2D eigenvalue weighted by atomic mass is 9.96. The first-order valence-electron chi connectivity index (χ1n) is 15.0. The van der Waals surface area contributed by atoms with E-state index in [2.05, 4.69) is 6.92 Å². The molecule has 0 aliphatic carbocycles. The van der Waals surface area contributed by atoms with Gasteiger partial charge >= 0.3 is 5.97 Å². The molecule has 10 atom stereocenters. The lowest BCUT2D eigenvalue weighted by Gasteiger charge is -2.46. The van der Waals surface area contributed by atoms with Gasteiger partial charge in [0.2, 0.25) is 0 Å². The molecule has 2 aliphatic heterocycles. The smallest absolute Gasteiger partial charge is 0.306 e. The number of aliphatic hydroxyl groups is 7. The second-order valence-corrected chi connectivity index (χ2v) is 11.0. The third-order valence-corrected chi connectivity index (χ3v) is 7.70. The lowest BCUT2D eigenvalue weighted by molar-refractivity contribution is -0.355. The molecule has 0 aromatic carbocycles. The molecule has 40 heavy (non-hydrogen) atoms. The molecule has 2 saturated heterocycles. The van der Waals surface area contributed by atoms with Gasteiger partial charge in [-0.15, -0.1) is 0 Å². The molecule has 12 heteroatoms. The first kappa shape index (κ1) is 35.3. The Labute approximate surface area is 237 Å². The highest BCUT2D eigenvalue weighted by Gasteiger charge is 2.52. The molecule has 236 valence electrons. The van der Waals surface area contributed by atoms with Crippen LogP contribution in [0.3, 0.4) is 0 Å². The van der Waals surface area contributed by atoms with Crippen LogP contribution in [0.2, 0.25) is 0 Å². The summed E-state index contributed by atoms with van der Waals surface area (Å²) in [4.78, 5) is 12.6. The monoisotopic (exact) mass is 580 g/mol. The number of unbranched alkanes of at least 4 members (excludes halogenated alkanes) is 12. The van der Waals surface area contributed by atoms with Crippen LogP contribution >= 0.6 is 0 Å². The van der Waals surface area contributed by atoms with Gasteiger partial charge in [0, 0.05) is 6.42 Å². The largest absolute Gasteiger partial charge is 0.456 e. The summed E-state index contributed by atoms with van der Waals surface area (Å²) in [6.45, 7) is 0.840. The Hall–Kier alpha value is -0.930. The predicted molar refractivity (Wildman–Crippen MR) is 143 cm³/mol. The number of esters is 1. The molecular weight excluding hydrogens is 528 g/mol. The van der Waals surface area contributed by atoms with Crippen LogP contribution in [0.1, 0.15) is 96.8 Å². The minimum absolute atomic E-state index is 0.0779. The number of rotatable bonds is 19. The third-order valence-electron chi connectivity index (χ3n) is 7.70. The Morgan fingerprint density at radius 1 is 0.625 bits per heavy atom. The van der Waals surface area contributed by atoms with Gasteiger partial charge in [0.1, 0.15) is 42.7 Å². The van der Waals surface area contributed by atoms with E-state index in [0.717, 1.165) is 19.3 Å². The summed E-state index contributed by atoms with van der Waals surface area (Å²) in [6.07, 6.45) is -0.525. The Morgan fingerprint density at radius 2 is 1.15 bits per heavy atom. The summed E-state index contributed by atoms with van der Waals surface area (Å²) in [6, 6.07) is 0. The number of ether oxygens (including phenoxy) is 4. The molecule has 7 N–H and O–H groups in total. The number of aliphatic hydroxyl groups excluding tert-OH is 7. The molecule has 0 aromatic rings. The molecule has 2 heterocycles. The SMILES string of the molecule is CCCCCCCCCCCCCCCC(=O)O[C@H]1[C@H](O[C@@H]2O[C@H](CO)[C@H](O)[C@H](O)[C@H]2O)[C@@H](CO)OC(O)[C@@H]1O. The van der Waals surface area contributed by atoms with E-state index in [4.69, 9.17) is 18.9 Å². The van der Waals surface area contributed by atoms with E-state index in [9.17, 15) is 40.5 Å². The van der Waals surface area contributed by atoms with Crippen LogP contribution in [0.25, 0.3) is 0 Å². The van der Waals surface area contributed by atoms with Crippen molar-refractivity contribution >= 4 is 5.97 Å². The van der Waals surface area contributed by atoms with Crippen molar-refractivity contribution in [2.75, 3.05) is 13.2 Å². The van der Waals surface area contributed by atoms with Crippen molar-refractivity contribution in [3.63, 3.8) is 0 Å². The maximum atomic E-state index is 12.6. The second-order valence-electron chi connectivity index (χ2n) is 11.0. The number of hydrogen-bond acceptors (Lipinski definition) is 12. The Bertz CT molecular complexity index is 680. The molecule has 2 fully saturated rings. The normalized spacial score (nSPS) is 34.6. The van der Waals surface area contributed by atoms with Crippen molar-refractivity contribution in [1.82, 2.24) is 0 Å². The first-order chi connectivity index (χ1) is 19.2. The van der Waals surface area contributed by atoms with Crippen LogP contribution in [-0.2, 0) is 23.7 Å². The van der Waals surface area contributed by atoms with E-state index in [1.54, 1.807) is 0 Å². The Kier molecular flexibility index (Phi) is 17.0. The minimum atomic E-state index is -1.78. The zero-order chi connectivity index (χ0) is 29.5. The quantitative estimate of drug-likeness (QED) is 0.0833. The fourth-order valence-corrected chi connectivity index (χ4v) is 5.19. The van der Waals surface area contributed by atoms with E-state index in [1.165, 1.54) is 57.8 Å². The highest BCUT2D eigenvalue weighted by molar-refractivity contribution is 5.69. The summed E-state index contributed by atoms with van der Waals surface area (Å²) in [5.41, 5.74) is 0. The molecule has 0 radical (unpaired) electrons.